The van der Waals surface area contributed by atoms with Crippen LogP contribution in [0.4, 0.5) is 0 Å². The van der Waals surface area contributed by atoms with Gasteiger partial charge in [0.05, 0.1) is 19.4 Å². The normalized spacial score (nSPS) is 10.6. The van der Waals surface area contributed by atoms with Crippen molar-refractivity contribution in [1.82, 2.24) is 0 Å². The maximum Gasteiger partial charge on any atom is 0.333 e. The van der Waals surface area contributed by atoms with E-state index >= 15 is 0 Å². The molecule has 3 heteroatoms. The summed E-state index contributed by atoms with van der Waals surface area (Å²) in [6.07, 6.45) is 2.55. The molecule has 0 aliphatic heterocycles. The number of hydrogen-bond donors (Lipinski definition) is 0. The molecule has 0 aliphatic carbocycles. The number of methoxy groups -OCH3 is 1. The summed E-state index contributed by atoms with van der Waals surface area (Å²) in [6.45, 7) is 0. The smallest absolute Gasteiger partial charge is 0.333 e. The summed E-state index contributed by atoms with van der Waals surface area (Å²) in [5.74, 6) is 0.245. The molecule has 0 atom stereocenters. The standard InChI is InChI=1S/C14H12O3/c1-16-14(15)8-9-17-13-7-6-11-4-2-3-5-12(11)10-13/h2-10H,1H3/b9-8-. The number of fused-ring (bicyclic) bond motifs is 1. The second-order valence-corrected chi connectivity index (χ2v) is 3.45. The summed E-state index contributed by atoms with van der Waals surface area (Å²) in [4.78, 5) is 10.8. The molecule has 0 aliphatic rings. The van der Waals surface area contributed by atoms with Gasteiger partial charge in [-0.05, 0) is 22.9 Å². The molecule has 0 heterocycles. The summed E-state index contributed by atoms with van der Waals surface area (Å²) in [5, 5.41) is 2.24. The molecule has 3 nitrogen and oxygen atoms in total. The Morgan fingerprint density at radius 3 is 2.65 bits per heavy atom. The van der Waals surface area contributed by atoms with Gasteiger partial charge in [0.2, 0.25) is 0 Å². The Morgan fingerprint density at radius 1 is 1.12 bits per heavy atom. The molecule has 0 bridgehead atoms. The first-order valence-corrected chi connectivity index (χ1v) is 5.19. The van der Waals surface area contributed by atoms with E-state index in [-0.39, 0.29) is 0 Å². The Labute approximate surface area is 99.3 Å². The van der Waals surface area contributed by atoms with Crippen molar-refractivity contribution < 1.29 is 14.3 Å². The Hall–Kier alpha value is -2.29. The van der Waals surface area contributed by atoms with E-state index in [1.165, 1.54) is 19.4 Å². The molecule has 2 aromatic rings. The fourth-order valence-electron chi connectivity index (χ4n) is 1.48. The monoisotopic (exact) mass is 228 g/mol. The molecule has 0 saturated carbocycles. The third-order valence-electron chi connectivity index (χ3n) is 2.33. The molecule has 0 unspecified atom stereocenters. The highest BCUT2D eigenvalue weighted by molar-refractivity contribution is 5.84. The highest BCUT2D eigenvalue weighted by Gasteiger charge is 1.96. The predicted octanol–water partition coefficient (Wildman–Crippen LogP) is 2.91. The minimum Gasteiger partial charge on any atom is -0.466 e. The van der Waals surface area contributed by atoms with Crippen molar-refractivity contribution in [3.8, 4) is 5.75 Å². The number of carbonyl (C=O) groups excluding carboxylic acids is 1. The third kappa shape index (κ3) is 2.84. The maximum absolute atomic E-state index is 10.8. The van der Waals surface area contributed by atoms with Crippen LogP contribution in [0.25, 0.3) is 10.8 Å². The number of carbonyl (C=O) groups is 1. The number of hydrogen-bond acceptors (Lipinski definition) is 3. The van der Waals surface area contributed by atoms with Crippen LogP contribution in [0.3, 0.4) is 0 Å². The molecule has 86 valence electrons. The molecule has 2 rings (SSSR count). The van der Waals surface area contributed by atoms with Crippen molar-refractivity contribution in [2.45, 2.75) is 0 Å². The molecule has 0 amide bonds. The maximum atomic E-state index is 10.8. The molecule has 17 heavy (non-hydrogen) atoms. The van der Waals surface area contributed by atoms with E-state index in [0.29, 0.717) is 5.75 Å². The summed E-state index contributed by atoms with van der Waals surface area (Å²) in [7, 11) is 1.32. The van der Waals surface area contributed by atoms with Gasteiger partial charge in [0.25, 0.3) is 0 Å². The first kappa shape index (κ1) is 11.2. The van der Waals surface area contributed by atoms with Crippen molar-refractivity contribution >= 4 is 16.7 Å². The zero-order chi connectivity index (χ0) is 12.1. The van der Waals surface area contributed by atoms with Crippen molar-refractivity contribution in [2.24, 2.45) is 0 Å². The predicted molar refractivity (Wildman–Crippen MR) is 65.7 cm³/mol. The fourth-order valence-corrected chi connectivity index (χ4v) is 1.48. The Bertz CT molecular complexity index is 558. The van der Waals surface area contributed by atoms with Crippen LogP contribution in [0.1, 0.15) is 0 Å². The van der Waals surface area contributed by atoms with Gasteiger partial charge in [0.1, 0.15) is 5.75 Å². The summed E-state index contributed by atoms with van der Waals surface area (Å²) in [6, 6.07) is 13.7. The highest BCUT2D eigenvalue weighted by Crippen LogP contribution is 2.20. The van der Waals surface area contributed by atoms with Gasteiger partial charge in [0.15, 0.2) is 0 Å². The molecule has 0 N–H and O–H groups in total. The van der Waals surface area contributed by atoms with E-state index in [2.05, 4.69) is 4.74 Å². The second kappa shape index (κ2) is 5.16. The van der Waals surface area contributed by atoms with Crippen molar-refractivity contribution in [2.75, 3.05) is 7.11 Å². The molecule has 0 spiro atoms. The third-order valence-corrected chi connectivity index (χ3v) is 2.33. The lowest BCUT2D eigenvalue weighted by atomic mass is 10.1. The van der Waals surface area contributed by atoms with E-state index in [1.54, 1.807) is 0 Å². The molecule has 0 aromatic heterocycles. The molecule has 0 radical (unpaired) electrons. The summed E-state index contributed by atoms with van der Waals surface area (Å²) < 4.78 is 9.76. The number of esters is 1. The Balaban J connectivity index is 2.14. The van der Waals surface area contributed by atoms with Gasteiger partial charge in [-0.1, -0.05) is 30.3 Å². The zero-order valence-electron chi connectivity index (χ0n) is 9.42. The number of rotatable bonds is 3. The topological polar surface area (TPSA) is 35.5 Å². The van der Waals surface area contributed by atoms with Crippen molar-refractivity contribution in [3.63, 3.8) is 0 Å². The van der Waals surface area contributed by atoms with E-state index < -0.39 is 5.97 Å². The van der Waals surface area contributed by atoms with Gasteiger partial charge < -0.3 is 9.47 Å². The Morgan fingerprint density at radius 2 is 1.88 bits per heavy atom. The molecule has 0 saturated heterocycles. The minimum atomic E-state index is -0.439. The summed E-state index contributed by atoms with van der Waals surface area (Å²) >= 11 is 0. The molecular formula is C14H12O3. The van der Waals surface area contributed by atoms with Gasteiger partial charge in [0, 0.05) is 0 Å². The van der Waals surface area contributed by atoms with Crippen molar-refractivity contribution in [1.29, 1.82) is 0 Å². The lowest BCUT2D eigenvalue weighted by molar-refractivity contribution is -0.134. The minimum absolute atomic E-state index is 0.439. The van der Waals surface area contributed by atoms with Gasteiger partial charge in [-0.2, -0.15) is 0 Å². The van der Waals surface area contributed by atoms with Crippen LogP contribution in [0.15, 0.2) is 54.8 Å². The fraction of sp³-hybridized carbons (Fsp3) is 0.0714. The second-order valence-electron chi connectivity index (χ2n) is 3.45. The SMILES string of the molecule is COC(=O)/C=C\Oc1ccc2ccccc2c1. The van der Waals surface area contributed by atoms with Crippen LogP contribution in [-0.4, -0.2) is 13.1 Å². The molecule has 2 aromatic carbocycles. The first-order valence-electron chi connectivity index (χ1n) is 5.19. The van der Waals surface area contributed by atoms with E-state index in [9.17, 15) is 4.79 Å². The van der Waals surface area contributed by atoms with Crippen molar-refractivity contribution in [3.05, 3.63) is 54.8 Å². The first-order chi connectivity index (χ1) is 8.29. The quantitative estimate of drug-likeness (QED) is 0.460. The van der Waals surface area contributed by atoms with Crippen LogP contribution in [-0.2, 0) is 9.53 Å². The van der Waals surface area contributed by atoms with E-state index in [0.717, 1.165) is 10.8 Å². The largest absolute Gasteiger partial charge is 0.466 e. The van der Waals surface area contributed by atoms with Gasteiger partial charge in [-0.15, -0.1) is 0 Å². The molecule has 0 fully saturated rings. The van der Waals surface area contributed by atoms with Gasteiger partial charge in [-0.3, -0.25) is 0 Å². The zero-order valence-corrected chi connectivity index (χ0v) is 9.42. The van der Waals surface area contributed by atoms with Crippen LogP contribution in [0, 0.1) is 0 Å². The van der Waals surface area contributed by atoms with Crippen LogP contribution < -0.4 is 4.74 Å². The average Bonchev–Trinajstić information content (AvgIpc) is 2.38. The lowest BCUT2D eigenvalue weighted by Crippen LogP contribution is -1.95. The average molecular weight is 228 g/mol. The Kier molecular flexibility index (Phi) is 3.40. The van der Waals surface area contributed by atoms with Gasteiger partial charge >= 0.3 is 5.97 Å². The number of benzene rings is 2. The van der Waals surface area contributed by atoms with E-state index in [1.807, 2.05) is 42.5 Å². The molecular weight excluding hydrogens is 216 g/mol. The van der Waals surface area contributed by atoms with Crippen LogP contribution in [0.5, 0.6) is 5.75 Å². The van der Waals surface area contributed by atoms with Crippen LogP contribution >= 0.6 is 0 Å². The number of ether oxygens (including phenoxy) is 2. The van der Waals surface area contributed by atoms with Crippen LogP contribution in [0.2, 0.25) is 0 Å². The summed E-state index contributed by atoms with van der Waals surface area (Å²) in [5.41, 5.74) is 0. The lowest BCUT2D eigenvalue weighted by Gasteiger charge is -2.02. The highest BCUT2D eigenvalue weighted by atomic mass is 16.5. The van der Waals surface area contributed by atoms with E-state index in [4.69, 9.17) is 4.74 Å². The van der Waals surface area contributed by atoms with Gasteiger partial charge in [-0.25, -0.2) is 4.79 Å².